The number of likely N-dealkylation sites (N-methyl/N-ethyl adjacent to an activating group) is 1. The van der Waals surface area contributed by atoms with Crippen molar-refractivity contribution >= 4 is 27.8 Å². The van der Waals surface area contributed by atoms with Gasteiger partial charge in [0.05, 0.1) is 7.11 Å². The lowest BCUT2D eigenvalue weighted by molar-refractivity contribution is -0.120. The molecule has 0 heterocycles. The van der Waals surface area contributed by atoms with Crippen LogP contribution in [0.2, 0.25) is 0 Å². The number of methoxy groups -OCH3 is 1. The summed E-state index contributed by atoms with van der Waals surface area (Å²) in [6.45, 7) is 2.12. The van der Waals surface area contributed by atoms with Crippen molar-refractivity contribution in [3.8, 4) is 5.75 Å². The Morgan fingerprint density at radius 1 is 0.868 bits per heavy atom. The zero-order chi connectivity index (χ0) is 27.7. The van der Waals surface area contributed by atoms with Gasteiger partial charge in [-0.25, -0.2) is 9.52 Å². The maximum Gasteiger partial charge on any atom is 0.330 e. The molecule has 3 rings (SSSR count). The fourth-order valence-electron chi connectivity index (χ4n) is 3.82. The number of carbonyl (C=O) groups excluding carboxylic acids is 2. The highest BCUT2D eigenvalue weighted by atomic mass is 32.2. The predicted octanol–water partition coefficient (Wildman–Crippen LogP) is 3.51. The van der Waals surface area contributed by atoms with Crippen molar-refractivity contribution in [1.29, 1.82) is 0 Å². The van der Waals surface area contributed by atoms with Crippen LogP contribution in [0.5, 0.6) is 5.75 Å². The highest BCUT2D eigenvalue weighted by Gasteiger charge is 2.28. The zero-order valence-electron chi connectivity index (χ0n) is 22.0. The maximum absolute atomic E-state index is 13.4. The summed E-state index contributed by atoms with van der Waals surface area (Å²) in [5, 5.41) is 2.56. The number of benzene rings is 3. The normalized spacial score (nSPS) is 12.0. The molecule has 3 amide bonds. The molecular formula is C28H34N4O5S. The van der Waals surface area contributed by atoms with Gasteiger partial charge < -0.3 is 15.0 Å². The van der Waals surface area contributed by atoms with Crippen LogP contribution in [0.4, 0.5) is 10.5 Å². The SMILES string of the molecule is CCc1ccc(CN(C)S(=O)(=O)NC(=O)N[C@@H](Cc2ccccc2)C(=O)N(C)c2ccc(OC)cc2)cc1. The van der Waals surface area contributed by atoms with Crippen molar-refractivity contribution in [1.82, 2.24) is 14.3 Å². The Hall–Kier alpha value is -3.89. The van der Waals surface area contributed by atoms with Gasteiger partial charge in [-0.1, -0.05) is 61.5 Å². The second kappa shape index (κ2) is 13.1. The van der Waals surface area contributed by atoms with Crippen LogP contribution in [-0.2, 0) is 34.4 Å². The average molecular weight is 539 g/mol. The molecule has 0 radical (unpaired) electrons. The molecule has 0 aliphatic carbocycles. The first-order valence-electron chi connectivity index (χ1n) is 12.2. The maximum atomic E-state index is 13.4. The fourth-order valence-corrected chi connectivity index (χ4v) is 4.59. The van der Waals surface area contributed by atoms with E-state index < -0.39 is 28.2 Å². The minimum absolute atomic E-state index is 0.0825. The number of amides is 3. The smallest absolute Gasteiger partial charge is 0.330 e. The zero-order valence-corrected chi connectivity index (χ0v) is 22.9. The van der Waals surface area contributed by atoms with Crippen LogP contribution in [-0.4, -0.2) is 51.9 Å². The lowest BCUT2D eigenvalue weighted by Gasteiger charge is -2.25. The number of hydrogen-bond acceptors (Lipinski definition) is 5. The molecule has 0 aromatic heterocycles. The third kappa shape index (κ3) is 7.80. The number of rotatable bonds is 11. The summed E-state index contributed by atoms with van der Waals surface area (Å²) >= 11 is 0. The molecule has 38 heavy (non-hydrogen) atoms. The van der Waals surface area contributed by atoms with Gasteiger partial charge in [0.1, 0.15) is 11.8 Å². The summed E-state index contributed by atoms with van der Waals surface area (Å²) in [5.41, 5.74) is 3.33. The monoisotopic (exact) mass is 538 g/mol. The van der Waals surface area contributed by atoms with Crippen molar-refractivity contribution in [2.75, 3.05) is 26.1 Å². The summed E-state index contributed by atoms with van der Waals surface area (Å²) in [5.74, 6) is 0.236. The third-order valence-electron chi connectivity index (χ3n) is 6.14. The van der Waals surface area contributed by atoms with Gasteiger partial charge in [0.15, 0.2) is 0 Å². The highest BCUT2D eigenvalue weighted by molar-refractivity contribution is 7.87. The summed E-state index contributed by atoms with van der Waals surface area (Å²) in [4.78, 5) is 27.7. The number of nitrogens with zero attached hydrogens (tertiary/aromatic N) is 2. The van der Waals surface area contributed by atoms with Crippen molar-refractivity contribution in [2.24, 2.45) is 0 Å². The molecule has 0 spiro atoms. The van der Waals surface area contributed by atoms with E-state index in [1.54, 1.807) is 38.4 Å². The summed E-state index contributed by atoms with van der Waals surface area (Å²) in [7, 11) is 0.362. The molecule has 0 saturated carbocycles. The Kier molecular flexibility index (Phi) is 9.86. The molecule has 0 aliphatic rings. The molecule has 1 atom stereocenters. The molecule has 0 bridgehead atoms. The Labute approximate surface area is 224 Å². The average Bonchev–Trinajstić information content (AvgIpc) is 2.92. The Balaban J connectivity index is 1.72. The van der Waals surface area contributed by atoms with E-state index in [1.807, 2.05) is 66.2 Å². The van der Waals surface area contributed by atoms with Gasteiger partial charge in [-0.15, -0.1) is 0 Å². The Morgan fingerprint density at radius 3 is 2.05 bits per heavy atom. The van der Waals surface area contributed by atoms with E-state index in [2.05, 4.69) is 5.32 Å². The third-order valence-corrected chi connectivity index (χ3v) is 7.54. The highest BCUT2D eigenvalue weighted by Crippen LogP contribution is 2.19. The van der Waals surface area contributed by atoms with Crippen molar-refractivity contribution < 1.29 is 22.7 Å². The molecular weight excluding hydrogens is 504 g/mol. The molecule has 0 saturated heterocycles. The van der Waals surface area contributed by atoms with Gasteiger partial charge in [-0.05, 0) is 47.4 Å². The molecule has 9 nitrogen and oxygen atoms in total. The summed E-state index contributed by atoms with van der Waals surface area (Å²) < 4.78 is 33.9. The first-order chi connectivity index (χ1) is 18.1. The fraction of sp³-hybridized carbons (Fsp3) is 0.286. The summed E-state index contributed by atoms with van der Waals surface area (Å²) in [6, 6.07) is 21.7. The molecule has 3 aromatic rings. The van der Waals surface area contributed by atoms with Gasteiger partial charge in [0, 0.05) is 32.7 Å². The quantitative estimate of drug-likeness (QED) is 0.389. The number of urea groups is 1. The molecule has 0 fully saturated rings. The Bertz CT molecular complexity index is 1310. The van der Waals surface area contributed by atoms with Gasteiger partial charge in [0.25, 0.3) is 0 Å². The molecule has 10 heteroatoms. The Morgan fingerprint density at radius 2 is 1.47 bits per heavy atom. The first kappa shape index (κ1) is 28.7. The number of nitrogens with one attached hydrogen (secondary N) is 2. The van der Waals surface area contributed by atoms with Gasteiger partial charge in [-0.2, -0.15) is 12.7 Å². The molecule has 3 aromatic carbocycles. The van der Waals surface area contributed by atoms with E-state index in [1.165, 1.54) is 11.9 Å². The van der Waals surface area contributed by atoms with Crippen LogP contribution in [0, 0.1) is 0 Å². The molecule has 2 N–H and O–H groups in total. The van der Waals surface area contributed by atoms with E-state index in [0.717, 1.165) is 27.4 Å². The second-order valence-corrected chi connectivity index (χ2v) is 10.6. The topological polar surface area (TPSA) is 108 Å². The van der Waals surface area contributed by atoms with E-state index in [-0.39, 0.29) is 13.0 Å². The van der Waals surface area contributed by atoms with E-state index in [4.69, 9.17) is 4.74 Å². The number of hydrogen-bond donors (Lipinski definition) is 2. The van der Waals surface area contributed by atoms with E-state index in [0.29, 0.717) is 11.4 Å². The van der Waals surface area contributed by atoms with Gasteiger partial charge >= 0.3 is 16.2 Å². The largest absolute Gasteiger partial charge is 0.497 e. The molecule has 0 unspecified atom stereocenters. The van der Waals surface area contributed by atoms with Crippen LogP contribution in [0.3, 0.4) is 0 Å². The van der Waals surface area contributed by atoms with Crippen molar-refractivity contribution in [3.63, 3.8) is 0 Å². The van der Waals surface area contributed by atoms with Crippen molar-refractivity contribution in [2.45, 2.75) is 32.4 Å². The lowest BCUT2D eigenvalue weighted by Crippen LogP contribution is -2.54. The number of ether oxygens (including phenoxy) is 1. The minimum Gasteiger partial charge on any atom is -0.497 e. The van der Waals surface area contributed by atoms with Crippen LogP contribution in [0.15, 0.2) is 78.9 Å². The summed E-state index contributed by atoms with van der Waals surface area (Å²) in [6.07, 6.45) is 1.06. The number of carbonyl (C=O) groups is 2. The number of aryl methyl sites for hydroxylation is 1. The van der Waals surface area contributed by atoms with Gasteiger partial charge in [0.2, 0.25) is 5.91 Å². The number of anilines is 1. The van der Waals surface area contributed by atoms with E-state index in [9.17, 15) is 18.0 Å². The van der Waals surface area contributed by atoms with E-state index >= 15 is 0 Å². The van der Waals surface area contributed by atoms with Crippen molar-refractivity contribution in [3.05, 3.63) is 95.6 Å². The predicted molar refractivity (Wildman–Crippen MR) is 148 cm³/mol. The first-order valence-corrected chi connectivity index (χ1v) is 13.6. The van der Waals surface area contributed by atoms with Crippen LogP contribution in [0.25, 0.3) is 0 Å². The second-order valence-electron chi connectivity index (χ2n) is 8.84. The van der Waals surface area contributed by atoms with Crippen LogP contribution in [0.1, 0.15) is 23.6 Å². The standard InChI is InChI=1S/C28H34N4O5S/c1-5-21-11-13-23(14-12-21)20-31(2)38(35,36)30-28(34)29-26(19-22-9-7-6-8-10-22)27(33)32(3)24-15-17-25(37-4)18-16-24/h6-18,26H,5,19-20H2,1-4H3,(H2,29,30,34)/t26-/m0/s1. The minimum atomic E-state index is -4.17. The molecule has 202 valence electrons. The lowest BCUT2D eigenvalue weighted by atomic mass is 10.0. The van der Waals surface area contributed by atoms with Crippen LogP contribution >= 0.6 is 0 Å². The molecule has 0 aliphatic heterocycles. The van der Waals surface area contributed by atoms with Gasteiger partial charge in [-0.3, -0.25) is 4.79 Å². The van der Waals surface area contributed by atoms with Crippen LogP contribution < -0.4 is 19.7 Å².